The fourth-order valence-electron chi connectivity index (χ4n) is 6.29. The van der Waals surface area contributed by atoms with Crippen LogP contribution >= 0.6 is 0 Å². The second-order valence-electron chi connectivity index (χ2n) is 12.5. The first-order valence-electron chi connectivity index (χ1n) is 14.0. The molecule has 2 aliphatic heterocycles. The summed E-state index contributed by atoms with van der Waals surface area (Å²) >= 11 is 0. The van der Waals surface area contributed by atoms with E-state index in [2.05, 4.69) is 26.1 Å². The molecule has 0 spiro atoms. The van der Waals surface area contributed by atoms with Crippen LogP contribution in [0, 0.1) is 11.3 Å². The van der Waals surface area contributed by atoms with Gasteiger partial charge in [0.1, 0.15) is 12.3 Å². The van der Waals surface area contributed by atoms with Gasteiger partial charge in [0.05, 0.1) is 28.9 Å². The van der Waals surface area contributed by atoms with E-state index < -0.39 is 17.8 Å². The number of alkyl halides is 2. The predicted octanol–water partition coefficient (Wildman–Crippen LogP) is 5.23. The number of hydrogen-bond acceptors (Lipinski definition) is 5. The Morgan fingerprint density at radius 2 is 2.08 bits per heavy atom. The molecule has 3 fully saturated rings. The van der Waals surface area contributed by atoms with Crippen molar-refractivity contribution in [3.63, 3.8) is 0 Å². The Hall–Kier alpha value is -2.16. The molecule has 2 saturated heterocycles. The van der Waals surface area contributed by atoms with E-state index in [1.165, 1.54) is 6.92 Å². The lowest BCUT2D eigenvalue weighted by Gasteiger charge is -2.35. The maximum atomic E-state index is 14.8. The highest BCUT2D eigenvalue weighted by Crippen LogP contribution is 2.59. The van der Waals surface area contributed by atoms with Gasteiger partial charge in [-0.15, -0.1) is 0 Å². The van der Waals surface area contributed by atoms with Crippen molar-refractivity contribution in [2.75, 3.05) is 19.8 Å². The van der Waals surface area contributed by atoms with Crippen LogP contribution in [-0.4, -0.2) is 56.6 Å². The average molecular weight is 518 g/mol. The lowest BCUT2D eigenvalue weighted by atomic mass is 9.82. The molecule has 4 heterocycles. The average Bonchev–Trinajstić information content (AvgIpc) is 3.55. The molecular formula is C28H41F2N5O2. The molecule has 9 heteroatoms. The Kier molecular flexibility index (Phi) is 7.05. The standard InChI is InChI=1S/C28H41F2N5O2/c1-18(7-9-28(10-11-28)27(4,30)17-29)22-16-35-25(32-22)33-23(20-8-13-37-26(2,3)15-20)21(34-35)14-19-6-5-12-31-24(19)36/h16,18-20H,5-15,17H2,1-4H3,(H,31,36)/t18?,19-,20?,27?/m1/s1. The maximum Gasteiger partial charge on any atom is 0.251 e. The Labute approximate surface area is 218 Å². The fraction of sp³-hybridized carbons (Fsp3) is 0.786. The molecule has 1 N–H and O–H groups in total. The van der Waals surface area contributed by atoms with Crippen LogP contribution in [0.5, 0.6) is 0 Å². The first-order chi connectivity index (χ1) is 17.5. The minimum Gasteiger partial charge on any atom is -0.376 e. The quantitative estimate of drug-likeness (QED) is 0.493. The summed E-state index contributed by atoms with van der Waals surface area (Å²) in [6, 6.07) is 0. The number of halogens is 2. The van der Waals surface area contributed by atoms with E-state index in [-0.39, 0.29) is 29.3 Å². The third kappa shape index (κ3) is 5.38. The summed E-state index contributed by atoms with van der Waals surface area (Å²) in [5.74, 6) is 0.813. The number of amides is 1. The molecule has 0 bridgehead atoms. The van der Waals surface area contributed by atoms with Gasteiger partial charge in [0.25, 0.3) is 5.78 Å². The fourth-order valence-corrected chi connectivity index (χ4v) is 6.29. The summed E-state index contributed by atoms with van der Waals surface area (Å²) in [6.07, 6.45) is 8.87. The lowest BCUT2D eigenvalue weighted by Crippen LogP contribution is -2.38. The number of nitrogens with one attached hydrogen (secondary N) is 1. The van der Waals surface area contributed by atoms with Crippen LogP contribution in [0.3, 0.4) is 0 Å². The van der Waals surface area contributed by atoms with Crippen LogP contribution in [-0.2, 0) is 16.0 Å². The van der Waals surface area contributed by atoms with Crippen molar-refractivity contribution in [3.8, 4) is 0 Å². The van der Waals surface area contributed by atoms with E-state index in [0.717, 1.165) is 68.6 Å². The molecule has 1 aliphatic carbocycles. The van der Waals surface area contributed by atoms with Crippen molar-refractivity contribution in [2.24, 2.45) is 11.3 Å². The van der Waals surface area contributed by atoms with Crippen molar-refractivity contribution in [2.45, 2.75) is 109 Å². The normalized spacial score (nSPS) is 27.5. The number of rotatable bonds is 9. The molecule has 0 aromatic carbocycles. The van der Waals surface area contributed by atoms with Crippen LogP contribution in [0.15, 0.2) is 6.20 Å². The third-order valence-corrected chi connectivity index (χ3v) is 9.13. The summed E-state index contributed by atoms with van der Waals surface area (Å²) in [5.41, 5.74) is 0.114. The van der Waals surface area contributed by atoms with Gasteiger partial charge in [-0.3, -0.25) is 4.79 Å². The van der Waals surface area contributed by atoms with Gasteiger partial charge in [0, 0.05) is 42.7 Å². The number of nitrogens with zero attached hydrogens (tertiary/aromatic N) is 4. The highest BCUT2D eigenvalue weighted by atomic mass is 19.2. The molecule has 5 rings (SSSR count). The Morgan fingerprint density at radius 3 is 2.76 bits per heavy atom. The van der Waals surface area contributed by atoms with Gasteiger partial charge in [0.2, 0.25) is 5.91 Å². The van der Waals surface area contributed by atoms with Crippen LogP contribution in [0.2, 0.25) is 0 Å². The molecule has 7 nitrogen and oxygen atoms in total. The van der Waals surface area contributed by atoms with Gasteiger partial charge in [-0.25, -0.2) is 23.3 Å². The zero-order valence-corrected chi connectivity index (χ0v) is 22.7. The van der Waals surface area contributed by atoms with Gasteiger partial charge in [0.15, 0.2) is 0 Å². The molecule has 0 radical (unpaired) electrons. The number of hydrogen-bond donors (Lipinski definition) is 1. The highest BCUT2D eigenvalue weighted by Gasteiger charge is 2.57. The van der Waals surface area contributed by atoms with Crippen LogP contribution in [0.4, 0.5) is 8.78 Å². The highest BCUT2D eigenvalue weighted by molar-refractivity contribution is 5.79. The molecule has 3 aliphatic rings. The summed E-state index contributed by atoms with van der Waals surface area (Å²) in [6.45, 7) is 8.15. The first kappa shape index (κ1) is 26.4. The Morgan fingerprint density at radius 1 is 1.30 bits per heavy atom. The molecule has 4 atom stereocenters. The van der Waals surface area contributed by atoms with Gasteiger partial charge in [-0.05, 0) is 72.1 Å². The molecule has 3 unspecified atom stereocenters. The van der Waals surface area contributed by atoms with Gasteiger partial charge >= 0.3 is 0 Å². The molecule has 2 aromatic rings. The van der Waals surface area contributed by atoms with E-state index in [0.29, 0.717) is 25.2 Å². The van der Waals surface area contributed by atoms with Gasteiger partial charge in [-0.1, -0.05) is 6.92 Å². The van der Waals surface area contributed by atoms with Crippen molar-refractivity contribution >= 4 is 11.7 Å². The number of aromatic nitrogens is 4. The Balaban J connectivity index is 1.41. The number of carbonyl (C=O) groups is 1. The zero-order chi connectivity index (χ0) is 26.4. The van der Waals surface area contributed by atoms with E-state index >= 15 is 0 Å². The summed E-state index contributed by atoms with van der Waals surface area (Å²) in [7, 11) is 0. The largest absolute Gasteiger partial charge is 0.376 e. The third-order valence-electron chi connectivity index (χ3n) is 9.13. The molecule has 37 heavy (non-hydrogen) atoms. The van der Waals surface area contributed by atoms with Gasteiger partial charge < -0.3 is 10.1 Å². The van der Waals surface area contributed by atoms with Crippen LogP contribution in [0.1, 0.15) is 108 Å². The second-order valence-corrected chi connectivity index (χ2v) is 12.5. The number of imidazole rings is 1. The first-order valence-corrected chi connectivity index (χ1v) is 14.0. The predicted molar refractivity (Wildman–Crippen MR) is 137 cm³/mol. The van der Waals surface area contributed by atoms with Gasteiger partial charge in [-0.2, -0.15) is 5.10 Å². The number of ether oxygens (including phenoxy) is 1. The number of piperidine rings is 1. The van der Waals surface area contributed by atoms with Crippen molar-refractivity contribution in [1.29, 1.82) is 0 Å². The summed E-state index contributed by atoms with van der Waals surface area (Å²) < 4.78 is 35.8. The molecular weight excluding hydrogens is 476 g/mol. The number of carbonyl (C=O) groups excluding carboxylic acids is 1. The van der Waals surface area contributed by atoms with E-state index in [1.54, 1.807) is 4.52 Å². The molecule has 1 saturated carbocycles. The second kappa shape index (κ2) is 9.86. The van der Waals surface area contributed by atoms with Crippen LogP contribution in [0.25, 0.3) is 5.78 Å². The van der Waals surface area contributed by atoms with E-state index in [4.69, 9.17) is 19.8 Å². The molecule has 1 amide bonds. The van der Waals surface area contributed by atoms with Crippen LogP contribution < -0.4 is 5.32 Å². The SMILES string of the molecule is CC(CCC1(C(C)(F)CF)CC1)c1cn2nc(C[C@H]3CCCNC3=O)c(C3CCOC(C)(C)C3)nc2n1. The topological polar surface area (TPSA) is 81.4 Å². The number of fused-ring (bicyclic) bond motifs is 1. The summed E-state index contributed by atoms with van der Waals surface area (Å²) in [4.78, 5) is 22.4. The molecule has 2 aromatic heterocycles. The minimum absolute atomic E-state index is 0.0782. The van der Waals surface area contributed by atoms with E-state index in [9.17, 15) is 13.6 Å². The van der Waals surface area contributed by atoms with Crippen molar-refractivity contribution < 1.29 is 18.3 Å². The maximum absolute atomic E-state index is 14.8. The van der Waals surface area contributed by atoms with Crippen molar-refractivity contribution in [3.05, 3.63) is 23.3 Å². The minimum atomic E-state index is -1.76. The Bertz CT molecular complexity index is 1140. The van der Waals surface area contributed by atoms with Crippen molar-refractivity contribution in [1.82, 2.24) is 24.9 Å². The zero-order valence-electron chi connectivity index (χ0n) is 22.7. The monoisotopic (exact) mass is 517 g/mol. The smallest absolute Gasteiger partial charge is 0.251 e. The van der Waals surface area contributed by atoms with E-state index in [1.807, 2.05) is 6.20 Å². The molecule has 204 valence electrons. The lowest BCUT2D eigenvalue weighted by molar-refractivity contribution is -0.126. The summed E-state index contributed by atoms with van der Waals surface area (Å²) in [5, 5.41) is 7.95.